The number of thioether (sulfide) groups is 1. The van der Waals surface area contributed by atoms with E-state index in [1.54, 1.807) is 11.8 Å². The van der Waals surface area contributed by atoms with Crippen LogP contribution in [0.25, 0.3) is 0 Å². The Bertz CT molecular complexity index is 237. The van der Waals surface area contributed by atoms with E-state index >= 15 is 0 Å². The third-order valence-corrected chi connectivity index (χ3v) is 3.15. The van der Waals surface area contributed by atoms with Gasteiger partial charge in [0.15, 0.2) is 0 Å². The average molecular weight is 213 g/mol. The lowest BCUT2D eigenvalue weighted by molar-refractivity contribution is -0.151. The summed E-state index contributed by atoms with van der Waals surface area (Å²) in [6.07, 6.45) is 6.05. The number of hydrogen-bond donors (Lipinski definition) is 0. The first kappa shape index (κ1) is 11.4. The monoisotopic (exact) mass is 213 g/mol. The molecule has 0 bridgehead atoms. The number of hydrogen-bond acceptors (Lipinski definition) is 4. The van der Waals surface area contributed by atoms with Gasteiger partial charge in [-0.05, 0) is 6.42 Å². The summed E-state index contributed by atoms with van der Waals surface area (Å²) in [5.74, 6) is 4.19. The molecule has 1 aliphatic heterocycles. The van der Waals surface area contributed by atoms with E-state index in [4.69, 9.17) is 11.2 Å². The lowest BCUT2D eigenvalue weighted by atomic mass is 10.0. The number of terminal acetylenes is 1. The summed E-state index contributed by atoms with van der Waals surface area (Å²) in [5.41, 5.74) is 0. The molecule has 0 amide bonds. The minimum atomic E-state index is -0.113. The fraction of sp³-hybridized carbons (Fsp3) is 0.700. The van der Waals surface area contributed by atoms with Crippen LogP contribution in [0.4, 0.5) is 0 Å². The Labute approximate surface area is 89.2 Å². The molecule has 1 fully saturated rings. The van der Waals surface area contributed by atoms with Crippen molar-refractivity contribution in [2.75, 3.05) is 31.7 Å². The van der Waals surface area contributed by atoms with Crippen molar-refractivity contribution in [3.05, 3.63) is 0 Å². The Hall–Kier alpha value is -0.660. The summed E-state index contributed by atoms with van der Waals surface area (Å²) in [7, 11) is 1.44. The predicted octanol–water partition coefficient (Wildman–Crippen LogP) is 0.600. The van der Waals surface area contributed by atoms with Crippen molar-refractivity contribution in [2.45, 2.75) is 12.5 Å². The number of nitrogens with zero attached hydrogens (tertiary/aromatic N) is 1. The Balaban J connectivity index is 2.14. The van der Waals surface area contributed by atoms with E-state index < -0.39 is 0 Å². The smallest absolute Gasteiger partial charge is 0.323 e. The first-order valence-corrected chi connectivity index (χ1v) is 5.78. The highest BCUT2D eigenvalue weighted by molar-refractivity contribution is 7.99. The second-order valence-electron chi connectivity index (χ2n) is 3.12. The van der Waals surface area contributed by atoms with Crippen molar-refractivity contribution >= 4 is 17.7 Å². The molecule has 0 aromatic heterocycles. The van der Waals surface area contributed by atoms with Crippen LogP contribution in [0.1, 0.15) is 6.42 Å². The molecule has 1 aliphatic rings. The third-order valence-electron chi connectivity index (χ3n) is 2.31. The highest BCUT2D eigenvalue weighted by Gasteiger charge is 2.34. The second kappa shape index (κ2) is 5.94. The molecule has 1 unspecified atom stereocenters. The van der Waals surface area contributed by atoms with E-state index in [9.17, 15) is 4.79 Å². The molecule has 3 nitrogen and oxygen atoms in total. The maximum absolute atomic E-state index is 11.2. The van der Waals surface area contributed by atoms with Gasteiger partial charge in [-0.15, -0.1) is 18.2 Å². The summed E-state index contributed by atoms with van der Waals surface area (Å²) in [4.78, 5) is 13.3. The van der Waals surface area contributed by atoms with Crippen molar-refractivity contribution < 1.29 is 9.53 Å². The van der Waals surface area contributed by atoms with E-state index in [1.165, 1.54) is 7.11 Å². The van der Waals surface area contributed by atoms with E-state index in [0.717, 1.165) is 31.0 Å². The number of likely N-dealkylation sites (tertiary alicyclic amines) is 1. The summed E-state index contributed by atoms with van der Waals surface area (Å²) < 4.78 is 4.69. The van der Waals surface area contributed by atoms with Crippen LogP contribution in [0.2, 0.25) is 0 Å². The van der Waals surface area contributed by atoms with Crippen LogP contribution in [-0.2, 0) is 9.53 Å². The minimum Gasteiger partial charge on any atom is -0.468 e. The average Bonchev–Trinajstić information content (AvgIpc) is 2.15. The van der Waals surface area contributed by atoms with E-state index in [2.05, 4.69) is 10.8 Å². The number of esters is 1. The molecule has 1 heterocycles. The van der Waals surface area contributed by atoms with Crippen LogP contribution >= 0.6 is 11.8 Å². The van der Waals surface area contributed by atoms with Gasteiger partial charge in [-0.2, -0.15) is 0 Å². The van der Waals surface area contributed by atoms with Gasteiger partial charge in [0, 0.05) is 18.8 Å². The fourth-order valence-corrected chi connectivity index (χ4v) is 2.05. The molecule has 0 aliphatic carbocycles. The summed E-state index contributed by atoms with van der Waals surface area (Å²) in [6, 6.07) is -0.00793. The highest BCUT2D eigenvalue weighted by atomic mass is 32.2. The number of methoxy groups -OCH3 is 1. The van der Waals surface area contributed by atoms with Gasteiger partial charge in [0.05, 0.1) is 12.9 Å². The quantitative estimate of drug-likeness (QED) is 0.380. The number of carbonyl (C=O) groups excluding carboxylic acids is 1. The normalized spacial score (nSPS) is 21.0. The van der Waals surface area contributed by atoms with Gasteiger partial charge in [-0.1, -0.05) is 5.92 Å². The van der Waals surface area contributed by atoms with Crippen molar-refractivity contribution in [3.63, 3.8) is 0 Å². The number of ether oxygens (including phenoxy) is 1. The van der Waals surface area contributed by atoms with Crippen molar-refractivity contribution in [1.82, 2.24) is 4.90 Å². The van der Waals surface area contributed by atoms with Gasteiger partial charge in [-0.25, -0.2) is 0 Å². The summed E-state index contributed by atoms with van der Waals surface area (Å²) in [5, 5.41) is 0. The highest BCUT2D eigenvalue weighted by Crippen LogP contribution is 2.18. The Morgan fingerprint density at radius 2 is 2.57 bits per heavy atom. The van der Waals surface area contributed by atoms with Gasteiger partial charge >= 0.3 is 5.97 Å². The van der Waals surface area contributed by atoms with Crippen LogP contribution in [0.15, 0.2) is 0 Å². The molecule has 78 valence electrons. The molecule has 1 rings (SSSR count). The van der Waals surface area contributed by atoms with Gasteiger partial charge in [0.2, 0.25) is 0 Å². The Kier molecular flexibility index (Phi) is 4.85. The number of rotatable bonds is 5. The van der Waals surface area contributed by atoms with Gasteiger partial charge in [0.1, 0.15) is 6.04 Å². The first-order chi connectivity index (χ1) is 6.79. The minimum absolute atomic E-state index is 0.00793. The SMILES string of the molecule is C#CCSCCN1CCC1C(=O)OC. The largest absolute Gasteiger partial charge is 0.468 e. The van der Waals surface area contributed by atoms with Crippen molar-refractivity contribution in [2.24, 2.45) is 0 Å². The first-order valence-electron chi connectivity index (χ1n) is 4.62. The molecular weight excluding hydrogens is 198 g/mol. The lowest BCUT2D eigenvalue weighted by Gasteiger charge is -2.38. The molecule has 14 heavy (non-hydrogen) atoms. The zero-order chi connectivity index (χ0) is 10.4. The molecule has 0 saturated carbocycles. The van der Waals surface area contributed by atoms with Crippen LogP contribution in [0.3, 0.4) is 0 Å². The lowest BCUT2D eigenvalue weighted by Crippen LogP contribution is -2.53. The molecule has 0 radical (unpaired) electrons. The van der Waals surface area contributed by atoms with Crippen LogP contribution in [-0.4, -0.2) is 48.6 Å². The number of carbonyl (C=O) groups is 1. The van der Waals surface area contributed by atoms with Crippen molar-refractivity contribution in [1.29, 1.82) is 0 Å². The maximum atomic E-state index is 11.2. The van der Waals surface area contributed by atoms with Gasteiger partial charge in [0.25, 0.3) is 0 Å². The van der Waals surface area contributed by atoms with Crippen LogP contribution in [0, 0.1) is 12.3 Å². The second-order valence-corrected chi connectivity index (χ2v) is 4.23. The standard InChI is InChI=1S/C10H15NO2S/c1-3-7-14-8-6-11-5-4-9(11)10(12)13-2/h1,9H,4-8H2,2H3. The zero-order valence-electron chi connectivity index (χ0n) is 8.36. The topological polar surface area (TPSA) is 29.5 Å². The molecule has 1 saturated heterocycles. The van der Waals surface area contributed by atoms with Crippen LogP contribution < -0.4 is 0 Å². The Morgan fingerprint density at radius 1 is 1.79 bits per heavy atom. The summed E-state index contributed by atoms with van der Waals surface area (Å²) >= 11 is 1.72. The molecule has 0 spiro atoms. The van der Waals surface area contributed by atoms with Gasteiger partial charge < -0.3 is 4.74 Å². The molecule has 0 aromatic rings. The maximum Gasteiger partial charge on any atom is 0.323 e. The van der Waals surface area contributed by atoms with E-state index in [0.29, 0.717) is 0 Å². The molecule has 0 aromatic carbocycles. The fourth-order valence-electron chi connectivity index (χ4n) is 1.42. The molecule has 1 atom stereocenters. The zero-order valence-corrected chi connectivity index (χ0v) is 9.18. The van der Waals surface area contributed by atoms with Crippen molar-refractivity contribution in [3.8, 4) is 12.3 Å². The van der Waals surface area contributed by atoms with E-state index in [-0.39, 0.29) is 12.0 Å². The molecule has 4 heteroatoms. The summed E-state index contributed by atoms with van der Waals surface area (Å²) in [6.45, 7) is 1.92. The Morgan fingerprint density at radius 3 is 3.07 bits per heavy atom. The molecule has 0 N–H and O–H groups in total. The van der Waals surface area contributed by atoms with Crippen LogP contribution in [0.5, 0.6) is 0 Å². The van der Waals surface area contributed by atoms with Gasteiger partial charge in [-0.3, -0.25) is 9.69 Å². The predicted molar refractivity (Wildman–Crippen MR) is 58.2 cm³/mol. The molecular formula is C10H15NO2S. The third kappa shape index (κ3) is 2.93. The van der Waals surface area contributed by atoms with E-state index in [1.807, 2.05) is 0 Å².